The molecule has 1 atom stereocenters. The molecule has 0 spiro atoms. The van der Waals surface area contributed by atoms with Crippen LogP contribution in [0.5, 0.6) is 0 Å². The molecule has 0 radical (unpaired) electrons. The highest BCUT2D eigenvalue weighted by Gasteiger charge is 2.33. The van der Waals surface area contributed by atoms with Crippen LogP contribution in [0.1, 0.15) is 32.6 Å². The van der Waals surface area contributed by atoms with Gasteiger partial charge in [0.2, 0.25) is 0 Å². The molecule has 1 aliphatic carbocycles. The molecule has 0 bridgehead atoms. The van der Waals surface area contributed by atoms with Gasteiger partial charge in [0.25, 0.3) is 0 Å². The quantitative estimate of drug-likeness (QED) is 0.678. The minimum Gasteiger partial charge on any atom is -0.292 e. The van der Waals surface area contributed by atoms with E-state index in [4.69, 9.17) is 0 Å². The third-order valence-electron chi connectivity index (χ3n) is 4.68. The Hall–Kier alpha value is -1.34. The lowest BCUT2D eigenvalue weighted by molar-refractivity contribution is 0.209. The van der Waals surface area contributed by atoms with E-state index in [-0.39, 0.29) is 0 Å². The molecule has 1 nitrogen and oxygen atoms in total. The van der Waals surface area contributed by atoms with Crippen LogP contribution in [-0.2, 0) is 0 Å². The van der Waals surface area contributed by atoms with Crippen molar-refractivity contribution in [2.24, 2.45) is 0 Å². The monoisotopic (exact) mass is 253 g/mol. The van der Waals surface area contributed by atoms with Gasteiger partial charge in [-0.05, 0) is 49.3 Å². The molecular weight excluding hydrogens is 230 g/mol. The number of rotatable bonds is 1. The molecule has 0 aromatic heterocycles. The fourth-order valence-corrected chi connectivity index (χ4v) is 3.67. The van der Waals surface area contributed by atoms with Gasteiger partial charge < -0.3 is 0 Å². The summed E-state index contributed by atoms with van der Waals surface area (Å²) in [6.45, 7) is 8.44. The Kier molecular flexibility index (Phi) is 3.56. The second kappa shape index (κ2) is 5.34. The smallest absolute Gasteiger partial charge is 0.0394 e. The van der Waals surface area contributed by atoms with Crippen LogP contribution in [0.2, 0.25) is 0 Å². The molecule has 19 heavy (non-hydrogen) atoms. The fourth-order valence-electron chi connectivity index (χ4n) is 3.67. The Morgan fingerprint density at radius 1 is 1.37 bits per heavy atom. The number of hydrogen-bond acceptors (Lipinski definition) is 1. The first-order valence-electron chi connectivity index (χ1n) is 7.43. The van der Waals surface area contributed by atoms with Gasteiger partial charge in [0.15, 0.2) is 0 Å². The van der Waals surface area contributed by atoms with Crippen LogP contribution in [0.3, 0.4) is 0 Å². The summed E-state index contributed by atoms with van der Waals surface area (Å²) in [5, 5.41) is 0. The standard InChI is InChI=1S/C18H23N/c1-3-7-17-14(4-2)10-11-19-13-16-9-6-5-8-15(16)12-18(17)19/h3-5,7-8,18H,1,6,9-13H2,2H3/b14-4-,17-7+. The zero-order valence-corrected chi connectivity index (χ0v) is 11.9. The lowest BCUT2D eigenvalue weighted by Gasteiger charge is -2.44. The van der Waals surface area contributed by atoms with Crippen LogP contribution in [-0.4, -0.2) is 24.0 Å². The summed E-state index contributed by atoms with van der Waals surface area (Å²) >= 11 is 0. The van der Waals surface area contributed by atoms with E-state index >= 15 is 0 Å². The lowest BCUT2D eigenvalue weighted by atomic mass is 9.80. The van der Waals surface area contributed by atoms with Crippen molar-refractivity contribution in [2.45, 2.75) is 38.6 Å². The molecule has 0 aromatic rings. The fraction of sp³-hybridized carbons (Fsp3) is 0.444. The molecular formula is C18H23N. The summed E-state index contributed by atoms with van der Waals surface area (Å²) in [5.74, 6) is 0. The van der Waals surface area contributed by atoms with Crippen LogP contribution >= 0.6 is 0 Å². The number of hydrogen-bond donors (Lipinski definition) is 0. The zero-order chi connectivity index (χ0) is 13.2. The first-order chi connectivity index (χ1) is 9.33. The molecule has 1 saturated heterocycles. The summed E-state index contributed by atoms with van der Waals surface area (Å²) < 4.78 is 0. The molecule has 0 N–H and O–H groups in total. The van der Waals surface area contributed by atoms with E-state index in [0.29, 0.717) is 6.04 Å². The largest absolute Gasteiger partial charge is 0.292 e. The van der Waals surface area contributed by atoms with Crippen molar-refractivity contribution >= 4 is 0 Å². The highest BCUT2D eigenvalue weighted by atomic mass is 15.2. The van der Waals surface area contributed by atoms with Crippen molar-refractivity contribution in [3.8, 4) is 0 Å². The number of fused-ring (bicyclic) bond motifs is 1. The lowest BCUT2D eigenvalue weighted by Crippen LogP contribution is -2.46. The van der Waals surface area contributed by atoms with Gasteiger partial charge in [-0.3, -0.25) is 4.90 Å². The van der Waals surface area contributed by atoms with Crippen molar-refractivity contribution < 1.29 is 0 Å². The molecule has 3 aliphatic rings. The summed E-state index contributed by atoms with van der Waals surface area (Å²) in [4.78, 5) is 2.67. The van der Waals surface area contributed by atoms with E-state index in [1.165, 1.54) is 49.9 Å². The molecule has 1 fully saturated rings. The molecule has 0 saturated carbocycles. The maximum absolute atomic E-state index is 3.89. The van der Waals surface area contributed by atoms with Crippen LogP contribution < -0.4 is 0 Å². The normalized spacial score (nSPS) is 31.5. The predicted molar refractivity (Wildman–Crippen MR) is 82.0 cm³/mol. The van der Waals surface area contributed by atoms with Crippen molar-refractivity contribution in [1.82, 2.24) is 4.90 Å². The van der Waals surface area contributed by atoms with Crippen molar-refractivity contribution in [3.05, 3.63) is 59.3 Å². The second-order valence-corrected chi connectivity index (χ2v) is 5.68. The number of nitrogens with zero attached hydrogens (tertiary/aromatic N) is 1. The molecule has 0 aromatic carbocycles. The van der Waals surface area contributed by atoms with Crippen LogP contribution in [0.4, 0.5) is 0 Å². The molecule has 0 amide bonds. The van der Waals surface area contributed by atoms with E-state index in [0.717, 1.165) is 0 Å². The third kappa shape index (κ3) is 2.28. The van der Waals surface area contributed by atoms with Gasteiger partial charge >= 0.3 is 0 Å². The van der Waals surface area contributed by atoms with E-state index in [2.05, 4.69) is 42.7 Å². The Bertz CT molecular complexity index is 502. The summed E-state index contributed by atoms with van der Waals surface area (Å²) in [6, 6.07) is 0.569. The maximum Gasteiger partial charge on any atom is 0.0394 e. The molecule has 1 unspecified atom stereocenters. The summed E-state index contributed by atoms with van der Waals surface area (Å²) in [5.41, 5.74) is 6.29. The van der Waals surface area contributed by atoms with Crippen molar-refractivity contribution in [1.29, 1.82) is 0 Å². The molecule has 3 rings (SSSR count). The van der Waals surface area contributed by atoms with Gasteiger partial charge in [-0.1, -0.05) is 42.5 Å². The Morgan fingerprint density at radius 3 is 3.05 bits per heavy atom. The van der Waals surface area contributed by atoms with Gasteiger partial charge in [0, 0.05) is 19.1 Å². The van der Waals surface area contributed by atoms with E-state index in [1.807, 2.05) is 6.08 Å². The molecule has 100 valence electrons. The van der Waals surface area contributed by atoms with Crippen molar-refractivity contribution in [3.63, 3.8) is 0 Å². The summed E-state index contributed by atoms with van der Waals surface area (Å²) in [7, 11) is 0. The molecule has 2 heterocycles. The predicted octanol–water partition coefficient (Wildman–Crippen LogP) is 4.17. The van der Waals surface area contributed by atoms with Crippen molar-refractivity contribution in [2.75, 3.05) is 13.1 Å². The third-order valence-corrected chi connectivity index (χ3v) is 4.68. The Morgan fingerprint density at radius 2 is 2.26 bits per heavy atom. The van der Waals surface area contributed by atoms with Gasteiger partial charge in [-0.2, -0.15) is 0 Å². The highest BCUT2D eigenvalue weighted by molar-refractivity contribution is 5.45. The first-order valence-corrected chi connectivity index (χ1v) is 7.43. The number of allylic oxidation sites excluding steroid dienone is 5. The average molecular weight is 253 g/mol. The van der Waals surface area contributed by atoms with Crippen LogP contribution in [0, 0.1) is 0 Å². The highest BCUT2D eigenvalue weighted by Crippen LogP contribution is 2.38. The van der Waals surface area contributed by atoms with Crippen LogP contribution in [0.25, 0.3) is 0 Å². The van der Waals surface area contributed by atoms with E-state index in [1.54, 1.807) is 11.1 Å². The molecule has 2 aliphatic heterocycles. The van der Waals surface area contributed by atoms with E-state index in [9.17, 15) is 0 Å². The number of piperidine rings is 1. The summed E-state index contributed by atoms with van der Waals surface area (Å²) in [6.07, 6.45) is 16.0. The van der Waals surface area contributed by atoms with Gasteiger partial charge in [0.1, 0.15) is 0 Å². The van der Waals surface area contributed by atoms with Gasteiger partial charge in [0.05, 0.1) is 0 Å². The zero-order valence-electron chi connectivity index (χ0n) is 11.9. The van der Waals surface area contributed by atoms with Crippen LogP contribution in [0.15, 0.2) is 59.3 Å². The Labute approximate surface area is 116 Å². The second-order valence-electron chi connectivity index (χ2n) is 5.68. The van der Waals surface area contributed by atoms with Gasteiger partial charge in [-0.15, -0.1) is 0 Å². The SMILES string of the molecule is C=C/C=C1\C(=C/C)CCN2CC3=C(C=CCC3)CC12. The minimum absolute atomic E-state index is 0.569. The minimum atomic E-state index is 0.569. The first kappa shape index (κ1) is 12.7. The van der Waals surface area contributed by atoms with E-state index < -0.39 is 0 Å². The maximum atomic E-state index is 3.89. The Balaban J connectivity index is 1.94. The average Bonchev–Trinajstić information content (AvgIpc) is 2.46. The molecule has 1 heteroatoms. The topological polar surface area (TPSA) is 3.24 Å². The van der Waals surface area contributed by atoms with Gasteiger partial charge in [-0.25, -0.2) is 0 Å².